The Morgan fingerprint density at radius 1 is 1.28 bits per heavy atom. The van der Waals surface area contributed by atoms with Gasteiger partial charge in [0.15, 0.2) is 0 Å². The molecule has 1 aliphatic rings. The van der Waals surface area contributed by atoms with Gasteiger partial charge in [0, 0.05) is 24.7 Å². The Morgan fingerprint density at radius 3 is 2.83 bits per heavy atom. The van der Waals surface area contributed by atoms with Crippen LogP contribution in [0.5, 0.6) is 0 Å². The largest absolute Gasteiger partial charge is 0.326 e. The summed E-state index contributed by atoms with van der Waals surface area (Å²) >= 11 is 0. The van der Waals surface area contributed by atoms with Crippen LogP contribution in [0.3, 0.4) is 0 Å². The molecule has 0 radical (unpaired) electrons. The van der Waals surface area contributed by atoms with Crippen LogP contribution in [0.4, 0.5) is 5.69 Å². The number of benzene rings is 1. The zero-order valence-electron chi connectivity index (χ0n) is 11.3. The third-order valence-corrected chi connectivity index (χ3v) is 3.29. The molecule has 0 bridgehead atoms. The number of fused-ring (bicyclic) bond motifs is 1. The number of aryl methyl sites for hydroxylation is 2. The van der Waals surface area contributed by atoms with Crippen molar-refractivity contribution in [1.29, 1.82) is 0 Å². The van der Waals surface area contributed by atoms with E-state index in [1.165, 1.54) is 24.0 Å². The van der Waals surface area contributed by atoms with Crippen molar-refractivity contribution in [3.8, 4) is 0 Å². The predicted molar refractivity (Wildman–Crippen MR) is 74.9 cm³/mol. The lowest BCUT2D eigenvalue weighted by molar-refractivity contribution is -0.116. The van der Waals surface area contributed by atoms with Crippen molar-refractivity contribution in [2.45, 2.75) is 45.6 Å². The number of carbonyl (C=O) groups is 1. The molecule has 98 valence electrons. The number of carbonyl (C=O) groups excluding carboxylic acids is 1. The fraction of sp³-hybridized carbons (Fsp3) is 0.533. The maximum Gasteiger partial charge on any atom is 0.225 e. The number of amides is 1. The molecular formula is C15H22N2O. The second-order valence-electron chi connectivity index (χ2n) is 5.24. The summed E-state index contributed by atoms with van der Waals surface area (Å²) in [7, 11) is 0. The lowest BCUT2D eigenvalue weighted by Gasteiger charge is -2.09. The zero-order valence-corrected chi connectivity index (χ0v) is 11.3. The number of rotatable bonds is 5. The van der Waals surface area contributed by atoms with E-state index in [0.717, 1.165) is 18.7 Å². The van der Waals surface area contributed by atoms with Gasteiger partial charge in [-0.25, -0.2) is 0 Å². The molecule has 2 rings (SSSR count). The number of hydrogen-bond acceptors (Lipinski definition) is 2. The molecule has 1 aromatic carbocycles. The molecule has 0 atom stereocenters. The Bertz CT molecular complexity index is 427. The van der Waals surface area contributed by atoms with Crippen molar-refractivity contribution in [1.82, 2.24) is 5.32 Å². The van der Waals surface area contributed by atoms with E-state index in [9.17, 15) is 4.79 Å². The first kappa shape index (κ1) is 13.1. The van der Waals surface area contributed by atoms with Gasteiger partial charge in [-0.2, -0.15) is 0 Å². The maximum absolute atomic E-state index is 11.7. The topological polar surface area (TPSA) is 41.1 Å². The van der Waals surface area contributed by atoms with Crippen LogP contribution in [0.1, 0.15) is 37.8 Å². The second-order valence-corrected chi connectivity index (χ2v) is 5.24. The summed E-state index contributed by atoms with van der Waals surface area (Å²) in [5.41, 5.74) is 3.77. The third-order valence-electron chi connectivity index (χ3n) is 3.29. The van der Waals surface area contributed by atoms with Crippen molar-refractivity contribution < 1.29 is 4.79 Å². The van der Waals surface area contributed by atoms with Crippen LogP contribution < -0.4 is 10.6 Å². The first-order valence-electron chi connectivity index (χ1n) is 6.80. The average Bonchev–Trinajstić information content (AvgIpc) is 2.75. The normalized spacial score (nSPS) is 13.7. The average molecular weight is 246 g/mol. The van der Waals surface area contributed by atoms with Gasteiger partial charge in [0.1, 0.15) is 0 Å². The van der Waals surface area contributed by atoms with Gasteiger partial charge >= 0.3 is 0 Å². The van der Waals surface area contributed by atoms with Gasteiger partial charge in [-0.1, -0.05) is 19.9 Å². The highest BCUT2D eigenvalue weighted by Crippen LogP contribution is 2.24. The summed E-state index contributed by atoms with van der Waals surface area (Å²) in [5.74, 6) is 0.0843. The summed E-state index contributed by atoms with van der Waals surface area (Å²) in [6.07, 6.45) is 4.09. The minimum Gasteiger partial charge on any atom is -0.326 e. The van der Waals surface area contributed by atoms with Crippen LogP contribution in [0.2, 0.25) is 0 Å². The van der Waals surface area contributed by atoms with E-state index in [4.69, 9.17) is 0 Å². The van der Waals surface area contributed by atoms with Crippen molar-refractivity contribution in [3.05, 3.63) is 29.3 Å². The Hall–Kier alpha value is -1.35. The standard InChI is InChI=1S/C15H22N2O/c1-11(2)16-9-8-15(18)17-14-7-6-12-4-3-5-13(12)10-14/h6-7,10-11,16H,3-5,8-9H2,1-2H3,(H,17,18). The molecule has 1 aliphatic carbocycles. The third kappa shape index (κ3) is 3.57. The van der Waals surface area contributed by atoms with Crippen LogP contribution in [-0.2, 0) is 17.6 Å². The van der Waals surface area contributed by atoms with Crippen molar-refractivity contribution >= 4 is 11.6 Å². The first-order chi connectivity index (χ1) is 8.65. The molecule has 0 heterocycles. The lowest BCUT2D eigenvalue weighted by Crippen LogP contribution is -2.27. The molecule has 3 heteroatoms. The van der Waals surface area contributed by atoms with Crippen LogP contribution in [-0.4, -0.2) is 18.5 Å². The van der Waals surface area contributed by atoms with Gasteiger partial charge in [-0.05, 0) is 42.5 Å². The van der Waals surface area contributed by atoms with E-state index in [1.54, 1.807) is 0 Å². The molecule has 0 aliphatic heterocycles. The number of hydrogen-bond donors (Lipinski definition) is 2. The summed E-state index contributed by atoms with van der Waals surface area (Å²) in [6, 6.07) is 6.70. The van der Waals surface area contributed by atoms with Gasteiger partial charge in [0.2, 0.25) is 5.91 Å². The molecule has 2 N–H and O–H groups in total. The fourth-order valence-corrected chi connectivity index (χ4v) is 2.35. The molecule has 1 aromatic rings. The van der Waals surface area contributed by atoms with E-state index in [1.807, 2.05) is 6.07 Å². The smallest absolute Gasteiger partial charge is 0.225 e. The zero-order chi connectivity index (χ0) is 13.0. The van der Waals surface area contributed by atoms with Crippen LogP contribution >= 0.6 is 0 Å². The van der Waals surface area contributed by atoms with Crippen LogP contribution in [0.15, 0.2) is 18.2 Å². The van der Waals surface area contributed by atoms with Gasteiger partial charge in [0.25, 0.3) is 0 Å². The van der Waals surface area contributed by atoms with E-state index in [-0.39, 0.29) is 5.91 Å². The Balaban J connectivity index is 1.84. The SMILES string of the molecule is CC(C)NCCC(=O)Nc1ccc2c(c1)CCC2. The first-order valence-corrected chi connectivity index (χ1v) is 6.80. The molecule has 3 nitrogen and oxygen atoms in total. The lowest BCUT2D eigenvalue weighted by atomic mass is 10.1. The van der Waals surface area contributed by atoms with Crippen molar-refractivity contribution in [2.24, 2.45) is 0 Å². The molecular weight excluding hydrogens is 224 g/mol. The minimum absolute atomic E-state index is 0.0843. The molecule has 0 saturated heterocycles. The van der Waals surface area contributed by atoms with Gasteiger partial charge < -0.3 is 10.6 Å². The quantitative estimate of drug-likeness (QED) is 0.838. The Kier molecular flexibility index (Phi) is 4.37. The summed E-state index contributed by atoms with van der Waals surface area (Å²) < 4.78 is 0. The number of anilines is 1. The molecule has 1 amide bonds. The van der Waals surface area contributed by atoms with Gasteiger partial charge in [-0.15, -0.1) is 0 Å². The molecule has 18 heavy (non-hydrogen) atoms. The van der Waals surface area contributed by atoms with Crippen LogP contribution in [0.25, 0.3) is 0 Å². The highest BCUT2D eigenvalue weighted by atomic mass is 16.1. The maximum atomic E-state index is 11.7. The molecule has 0 aromatic heterocycles. The number of nitrogens with one attached hydrogen (secondary N) is 2. The Labute approximate surface area is 109 Å². The van der Waals surface area contributed by atoms with Gasteiger partial charge in [0.05, 0.1) is 0 Å². The van der Waals surface area contributed by atoms with Gasteiger partial charge in [-0.3, -0.25) is 4.79 Å². The highest BCUT2D eigenvalue weighted by molar-refractivity contribution is 5.90. The molecule has 0 spiro atoms. The molecule has 0 fully saturated rings. The highest BCUT2D eigenvalue weighted by Gasteiger charge is 2.11. The summed E-state index contributed by atoms with van der Waals surface area (Å²) in [4.78, 5) is 11.7. The van der Waals surface area contributed by atoms with Crippen molar-refractivity contribution in [3.63, 3.8) is 0 Å². The second kappa shape index (κ2) is 6.01. The van der Waals surface area contributed by atoms with E-state index < -0.39 is 0 Å². The van der Waals surface area contributed by atoms with E-state index in [2.05, 4.69) is 36.6 Å². The molecule has 0 unspecified atom stereocenters. The van der Waals surface area contributed by atoms with E-state index in [0.29, 0.717) is 12.5 Å². The minimum atomic E-state index is 0.0843. The summed E-state index contributed by atoms with van der Waals surface area (Å²) in [6.45, 7) is 4.89. The summed E-state index contributed by atoms with van der Waals surface area (Å²) in [5, 5.41) is 6.21. The molecule has 0 saturated carbocycles. The van der Waals surface area contributed by atoms with Crippen LogP contribution in [0, 0.1) is 0 Å². The fourth-order valence-electron chi connectivity index (χ4n) is 2.35. The van der Waals surface area contributed by atoms with Crippen molar-refractivity contribution in [2.75, 3.05) is 11.9 Å². The predicted octanol–water partition coefficient (Wildman–Crippen LogP) is 2.50. The van der Waals surface area contributed by atoms with E-state index >= 15 is 0 Å². The Morgan fingerprint density at radius 2 is 2.06 bits per heavy atom. The monoisotopic (exact) mass is 246 g/mol.